The van der Waals surface area contributed by atoms with Gasteiger partial charge in [-0.25, -0.2) is 13.2 Å². The summed E-state index contributed by atoms with van der Waals surface area (Å²) in [5, 5.41) is 2.02. The highest BCUT2D eigenvalue weighted by Crippen LogP contribution is 2.30. The van der Waals surface area contributed by atoms with Crippen LogP contribution in [0.4, 0.5) is 5.69 Å². The molecular formula is C19H21N3O4S. The molecule has 0 spiro atoms. The number of nitrogens with one attached hydrogen (secondary N) is 1. The summed E-state index contributed by atoms with van der Waals surface area (Å²) < 4.78 is 28.5. The Morgan fingerprint density at radius 1 is 1.00 bits per heavy atom. The average molecular weight is 387 g/mol. The minimum Gasteiger partial charge on any atom is -0.321 e. The van der Waals surface area contributed by atoms with Crippen molar-refractivity contribution in [2.24, 2.45) is 14.1 Å². The SMILES string of the molecule is CC(C)S(=O)(=O)c1cc2c(cc1NC(=O)c1ccccc1)n(C)c(=O)n2C. The van der Waals surface area contributed by atoms with Crippen molar-refractivity contribution in [3.05, 3.63) is 58.5 Å². The lowest BCUT2D eigenvalue weighted by Crippen LogP contribution is -2.19. The summed E-state index contributed by atoms with van der Waals surface area (Å²) in [4.78, 5) is 24.8. The molecule has 0 fully saturated rings. The van der Waals surface area contributed by atoms with Gasteiger partial charge in [-0.3, -0.25) is 13.9 Å². The maximum absolute atomic E-state index is 12.9. The molecule has 1 N–H and O–H groups in total. The number of carbonyl (C=O) groups is 1. The fraction of sp³-hybridized carbons (Fsp3) is 0.263. The Morgan fingerprint density at radius 2 is 1.56 bits per heavy atom. The van der Waals surface area contributed by atoms with Gasteiger partial charge in [0.25, 0.3) is 5.91 Å². The second kappa shape index (κ2) is 6.70. The summed E-state index contributed by atoms with van der Waals surface area (Å²) in [6.45, 7) is 3.15. The summed E-state index contributed by atoms with van der Waals surface area (Å²) in [5.41, 5.74) is 1.32. The first kappa shape index (κ1) is 18.9. The molecular weight excluding hydrogens is 366 g/mol. The minimum absolute atomic E-state index is 0.00418. The summed E-state index contributed by atoms with van der Waals surface area (Å²) in [6.07, 6.45) is 0. The third-order valence-corrected chi connectivity index (χ3v) is 6.78. The van der Waals surface area contributed by atoms with Crippen LogP contribution in [0.25, 0.3) is 11.0 Å². The third-order valence-electron chi connectivity index (χ3n) is 4.58. The monoisotopic (exact) mass is 387 g/mol. The largest absolute Gasteiger partial charge is 0.328 e. The van der Waals surface area contributed by atoms with Gasteiger partial charge in [0.2, 0.25) is 0 Å². The number of hydrogen-bond acceptors (Lipinski definition) is 4. The lowest BCUT2D eigenvalue weighted by Gasteiger charge is -2.15. The zero-order valence-electron chi connectivity index (χ0n) is 15.6. The fourth-order valence-electron chi connectivity index (χ4n) is 2.90. The van der Waals surface area contributed by atoms with Crippen molar-refractivity contribution in [3.8, 4) is 0 Å². The van der Waals surface area contributed by atoms with E-state index in [1.54, 1.807) is 58.3 Å². The highest BCUT2D eigenvalue weighted by atomic mass is 32.2. The number of rotatable bonds is 4. The molecule has 27 heavy (non-hydrogen) atoms. The van der Waals surface area contributed by atoms with Gasteiger partial charge in [0, 0.05) is 19.7 Å². The molecule has 0 aliphatic carbocycles. The van der Waals surface area contributed by atoms with Gasteiger partial charge in [0.05, 0.1) is 26.9 Å². The van der Waals surface area contributed by atoms with Crippen LogP contribution in [0.3, 0.4) is 0 Å². The topological polar surface area (TPSA) is 90.2 Å². The van der Waals surface area contributed by atoms with Crippen molar-refractivity contribution >= 4 is 32.5 Å². The summed E-state index contributed by atoms with van der Waals surface area (Å²) in [6, 6.07) is 11.5. The van der Waals surface area contributed by atoms with E-state index >= 15 is 0 Å². The van der Waals surface area contributed by atoms with Gasteiger partial charge in [0.15, 0.2) is 9.84 Å². The Bertz CT molecular complexity index is 1190. The highest BCUT2D eigenvalue weighted by Gasteiger charge is 2.26. The Morgan fingerprint density at radius 3 is 2.11 bits per heavy atom. The first-order chi connectivity index (χ1) is 12.6. The molecule has 0 saturated carbocycles. The van der Waals surface area contributed by atoms with E-state index in [1.165, 1.54) is 21.3 Å². The number of aryl methyl sites for hydroxylation is 2. The molecule has 8 heteroatoms. The van der Waals surface area contributed by atoms with Crippen LogP contribution in [0.2, 0.25) is 0 Å². The molecule has 3 aromatic rings. The zero-order chi connectivity index (χ0) is 19.9. The van der Waals surface area contributed by atoms with Gasteiger partial charge in [-0.2, -0.15) is 0 Å². The normalized spacial score (nSPS) is 11.9. The summed E-state index contributed by atoms with van der Waals surface area (Å²) >= 11 is 0. The van der Waals surface area contributed by atoms with Gasteiger partial charge in [-0.1, -0.05) is 18.2 Å². The number of carbonyl (C=O) groups excluding carboxylic acids is 1. The van der Waals surface area contributed by atoms with Crippen molar-refractivity contribution in [1.29, 1.82) is 0 Å². The van der Waals surface area contributed by atoms with Crippen LogP contribution in [-0.2, 0) is 23.9 Å². The maximum atomic E-state index is 12.9. The van der Waals surface area contributed by atoms with Gasteiger partial charge < -0.3 is 5.32 Å². The highest BCUT2D eigenvalue weighted by molar-refractivity contribution is 7.92. The fourth-order valence-corrected chi connectivity index (χ4v) is 4.10. The van der Waals surface area contributed by atoms with E-state index in [-0.39, 0.29) is 16.3 Å². The van der Waals surface area contributed by atoms with Gasteiger partial charge in [0.1, 0.15) is 0 Å². The van der Waals surface area contributed by atoms with Crippen LogP contribution in [0.15, 0.2) is 52.2 Å². The van der Waals surface area contributed by atoms with E-state index in [9.17, 15) is 18.0 Å². The smallest absolute Gasteiger partial charge is 0.321 e. The van der Waals surface area contributed by atoms with Crippen LogP contribution in [0, 0.1) is 0 Å². The Balaban J connectivity index is 2.24. The van der Waals surface area contributed by atoms with E-state index in [1.807, 2.05) is 0 Å². The number of anilines is 1. The van der Waals surface area contributed by atoms with Crippen molar-refractivity contribution in [1.82, 2.24) is 9.13 Å². The number of fused-ring (bicyclic) bond motifs is 1. The summed E-state index contributed by atoms with van der Waals surface area (Å²) in [5.74, 6) is -0.420. The lowest BCUT2D eigenvalue weighted by atomic mass is 10.2. The molecule has 1 heterocycles. The van der Waals surface area contributed by atoms with Crippen LogP contribution >= 0.6 is 0 Å². The molecule has 3 rings (SSSR count). The van der Waals surface area contributed by atoms with Crippen LogP contribution in [0.1, 0.15) is 24.2 Å². The van der Waals surface area contributed by atoms with Crippen molar-refractivity contribution in [3.63, 3.8) is 0 Å². The summed E-state index contributed by atoms with van der Waals surface area (Å²) in [7, 11) is -0.503. The van der Waals surface area contributed by atoms with Gasteiger partial charge >= 0.3 is 5.69 Å². The number of amides is 1. The second-order valence-corrected chi connectivity index (χ2v) is 9.12. The molecule has 0 aliphatic heterocycles. The van der Waals surface area contributed by atoms with E-state index < -0.39 is 21.0 Å². The Hall–Kier alpha value is -2.87. The molecule has 0 bridgehead atoms. The molecule has 0 unspecified atom stereocenters. The van der Waals surface area contributed by atoms with Gasteiger partial charge in [-0.05, 0) is 38.1 Å². The number of aromatic nitrogens is 2. The quantitative estimate of drug-likeness (QED) is 0.744. The molecule has 0 aliphatic rings. The lowest BCUT2D eigenvalue weighted by molar-refractivity contribution is 0.102. The Labute approximate surface area is 157 Å². The van der Waals surface area contributed by atoms with E-state index in [0.29, 0.717) is 16.6 Å². The van der Waals surface area contributed by atoms with E-state index in [2.05, 4.69) is 5.32 Å². The standard InChI is InChI=1S/C19H21N3O4S/c1-12(2)27(25,26)17-11-16-15(21(3)19(24)22(16)4)10-14(17)20-18(23)13-8-6-5-7-9-13/h5-12H,1-4H3,(H,20,23). The molecule has 1 aromatic heterocycles. The number of sulfone groups is 1. The molecule has 0 radical (unpaired) electrons. The number of imidazole rings is 1. The number of benzene rings is 2. The second-order valence-electron chi connectivity index (χ2n) is 6.65. The molecule has 142 valence electrons. The van der Waals surface area contributed by atoms with Gasteiger partial charge in [-0.15, -0.1) is 0 Å². The predicted molar refractivity (Wildman–Crippen MR) is 105 cm³/mol. The minimum atomic E-state index is -3.69. The molecule has 7 nitrogen and oxygen atoms in total. The molecule has 2 aromatic carbocycles. The Kier molecular flexibility index (Phi) is 4.69. The van der Waals surface area contributed by atoms with Crippen LogP contribution < -0.4 is 11.0 Å². The zero-order valence-corrected chi connectivity index (χ0v) is 16.4. The first-order valence-corrected chi connectivity index (χ1v) is 9.99. The van der Waals surface area contributed by atoms with Crippen LogP contribution in [-0.4, -0.2) is 28.7 Å². The van der Waals surface area contributed by atoms with E-state index in [4.69, 9.17) is 0 Å². The van der Waals surface area contributed by atoms with Crippen molar-refractivity contribution in [2.45, 2.75) is 24.0 Å². The predicted octanol–water partition coefficient (Wildman–Crippen LogP) is 2.31. The average Bonchev–Trinajstić information content (AvgIpc) is 2.85. The van der Waals surface area contributed by atoms with Crippen molar-refractivity contribution in [2.75, 3.05) is 5.32 Å². The number of hydrogen-bond donors (Lipinski definition) is 1. The first-order valence-electron chi connectivity index (χ1n) is 8.44. The van der Waals surface area contributed by atoms with E-state index in [0.717, 1.165) is 0 Å². The van der Waals surface area contributed by atoms with Crippen molar-refractivity contribution < 1.29 is 13.2 Å². The number of nitrogens with zero attached hydrogens (tertiary/aromatic N) is 2. The molecule has 0 saturated heterocycles. The molecule has 0 atom stereocenters. The van der Waals surface area contributed by atoms with Crippen LogP contribution in [0.5, 0.6) is 0 Å². The maximum Gasteiger partial charge on any atom is 0.328 e. The molecule has 1 amide bonds. The third kappa shape index (κ3) is 3.16.